The van der Waals surface area contributed by atoms with Gasteiger partial charge in [0.2, 0.25) is 0 Å². The Morgan fingerprint density at radius 3 is 2.48 bits per heavy atom. The summed E-state index contributed by atoms with van der Waals surface area (Å²) in [6.45, 7) is 1.93. The largest absolute Gasteiger partial charge is 0.497 e. The van der Waals surface area contributed by atoms with Crippen LogP contribution in [0.25, 0.3) is 0 Å². The normalized spacial score (nSPS) is 18.4. The number of ketones is 1. The zero-order valence-electron chi connectivity index (χ0n) is 14.9. The molecule has 1 aliphatic rings. The average molecular weight is 387 g/mol. The minimum atomic E-state index is -0.766. The van der Waals surface area contributed by atoms with Crippen LogP contribution < -0.4 is 10.2 Å². The number of nitrogens with one attached hydrogen (secondary N) is 1. The van der Waals surface area contributed by atoms with Crippen molar-refractivity contribution in [2.24, 2.45) is 5.10 Å². The van der Waals surface area contributed by atoms with E-state index in [0.717, 1.165) is 0 Å². The van der Waals surface area contributed by atoms with Gasteiger partial charge in [0.1, 0.15) is 11.8 Å². The van der Waals surface area contributed by atoms with Crippen molar-refractivity contribution >= 4 is 29.1 Å². The molecule has 2 aromatic rings. The molecular weight excluding hydrogens is 368 g/mol. The van der Waals surface area contributed by atoms with E-state index in [2.05, 4.69) is 10.5 Å². The zero-order valence-corrected chi connectivity index (χ0v) is 15.7. The van der Waals surface area contributed by atoms with E-state index in [1.807, 2.05) is 0 Å². The Morgan fingerprint density at radius 2 is 1.85 bits per heavy atom. The number of rotatable bonds is 6. The fourth-order valence-corrected chi connectivity index (χ4v) is 3.27. The van der Waals surface area contributed by atoms with E-state index >= 15 is 0 Å². The molecule has 0 aliphatic carbocycles. The van der Waals surface area contributed by atoms with Gasteiger partial charge in [0, 0.05) is 10.6 Å². The number of carbonyl (C=O) groups is 2. The first-order chi connectivity index (χ1) is 13.1. The van der Waals surface area contributed by atoms with Gasteiger partial charge in [0.05, 0.1) is 19.6 Å². The van der Waals surface area contributed by atoms with E-state index in [9.17, 15) is 9.59 Å². The molecule has 7 heteroatoms. The molecular formula is C20H19ClN2O4. The van der Waals surface area contributed by atoms with E-state index in [0.29, 0.717) is 21.9 Å². The second-order valence-corrected chi connectivity index (χ2v) is 6.32. The van der Waals surface area contributed by atoms with Crippen LogP contribution >= 0.6 is 11.6 Å². The van der Waals surface area contributed by atoms with Crippen molar-refractivity contribution in [2.75, 3.05) is 13.7 Å². The van der Waals surface area contributed by atoms with Crippen LogP contribution in [0.15, 0.2) is 53.6 Å². The first-order valence-electron chi connectivity index (χ1n) is 8.49. The zero-order chi connectivity index (χ0) is 19.4. The molecule has 0 bridgehead atoms. The van der Waals surface area contributed by atoms with Gasteiger partial charge in [-0.3, -0.25) is 10.2 Å². The van der Waals surface area contributed by atoms with Gasteiger partial charge in [0.15, 0.2) is 11.5 Å². The van der Waals surface area contributed by atoms with Crippen LogP contribution in [-0.2, 0) is 9.53 Å². The lowest BCUT2D eigenvalue weighted by atomic mass is 9.84. The Hall–Kier alpha value is -2.86. The lowest BCUT2D eigenvalue weighted by molar-refractivity contribution is -0.135. The van der Waals surface area contributed by atoms with Gasteiger partial charge in [-0.05, 0) is 42.8 Å². The maximum absolute atomic E-state index is 13.1. The summed E-state index contributed by atoms with van der Waals surface area (Å²) >= 11 is 6.34. The van der Waals surface area contributed by atoms with Gasteiger partial charge < -0.3 is 9.47 Å². The quantitative estimate of drug-likeness (QED) is 0.609. The van der Waals surface area contributed by atoms with Gasteiger partial charge in [-0.1, -0.05) is 29.8 Å². The maximum atomic E-state index is 13.1. The molecule has 1 heterocycles. The number of hydrogen-bond acceptors (Lipinski definition) is 6. The highest BCUT2D eigenvalue weighted by molar-refractivity contribution is 6.41. The Kier molecular flexibility index (Phi) is 5.76. The fraction of sp³-hybridized carbons (Fsp3) is 0.250. The lowest BCUT2D eigenvalue weighted by Gasteiger charge is -2.20. The standard InChI is InChI=1S/C20H19ClN2O4/c1-3-27-20(25)18-16(14-6-4-5-7-15(14)21)17(22-23-18)19(24)12-8-10-13(26-2)11-9-12/h4-11,16-17,22H,3H2,1-2H3. The smallest absolute Gasteiger partial charge is 0.355 e. The summed E-state index contributed by atoms with van der Waals surface area (Å²) < 4.78 is 10.2. The van der Waals surface area contributed by atoms with Crippen molar-refractivity contribution in [2.45, 2.75) is 18.9 Å². The van der Waals surface area contributed by atoms with Crippen LogP contribution in [0.3, 0.4) is 0 Å². The molecule has 0 saturated heterocycles. The van der Waals surface area contributed by atoms with E-state index in [1.165, 1.54) is 0 Å². The summed E-state index contributed by atoms with van der Waals surface area (Å²) in [7, 11) is 1.56. The van der Waals surface area contributed by atoms with Gasteiger partial charge in [0.25, 0.3) is 0 Å². The summed E-state index contributed by atoms with van der Waals surface area (Å²) in [5.74, 6) is -0.769. The SMILES string of the molecule is CCOC(=O)C1=NNC(C(=O)c2ccc(OC)cc2)C1c1ccccc1Cl. The molecule has 3 rings (SSSR count). The monoisotopic (exact) mass is 386 g/mol. The van der Waals surface area contributed by atoms with Crippen LogP contribution in [0.2, 0.25) is 5.02 Å². The predicted octanol–water partition coefficient (Wildman–Crippen LogP) is 3.21. The van der Waals surface area contributed by atoms with Crippen LogP contribution in [0.1, 0.15) is 28.8 Å². The Labute approximate surface area is 162 Å². The number of hydrogen-bond donors (Lipinski definition) is 1. The molecule has 1 aliphatic heterocycles. The van der Waals surface area contributed by atoms with Gasteiger partial charge in [-0.25, -0.2) is 4.79 Å². The van der Waals surface area contributed by atoms with E-state index in [-0.39, 0.29) is 18.1 Å². The van der Waals surface area contributed by atoms with Crippen molar-refractivity contribution in [3.63, 3.8) is 0 Å². The molecule has 2 atom stereocenters. The molecule has 0 amide bonds. The summed E-state index contributed by atoms with van der Waals surface area (Å²) in [6, 6.07) is 13.1. The fourth-order valence-electron chi connectivity index (χ4n) is 3.02. The number of carbonyl (C=O) groups excluding carboxylic acids is 2. The highest BCUT2D eigenvalue weighted by Crippen LogP contribution is 2.33. The van der Waals surface area contributed by atoms with Crippen molar-refractivity contribution in [3.05, 3.63) is 64.7 Å². The van der Waals surface area contributed by atoms with Gasteiger partial charge in [-0.2, -0.15) is 5.10 Å². The van der Waals surface area contributed by atoms with Crippen molar-refractivity contribution in [1.82, 2.24) is 5.43 Å². The maximum Gasteiger partial charge on any atom is 0.355 e. The number of benzene rings is 2. The first-order valence-corrected chi connectivity index (χ1v) is 8.87. The number of methoxy groups -OCH3 is 1. The molecule has 0 fully saturated rings. The molecule has 0 radical (unpaired) electrons. The molecule has 2 aromatic carbocycles. The van der Waals surface area contributed by atoms with Gasteiger partial charge >= 0.3 is 5.97 Å². The van der Waals surface area contributed by atoms with Crippen molar-refractivity contribution in [1.29, 1.82) is 0 Å². The highest BCUT2D eigenvalue weighted by atomic mass is 35.5. The molecule has 0 saturated carbocycles. The number of esters is 1. The topological polar surface area (TPSA) is 77.0 Å². The number of hydrazone groups is 1. The predicted molar refractivity (Wildman–Crippen MR) is 103 cm³/mol. The van der Waals surface area contributed by atoms with Crippen molar-refractivity contribution in [3.8, 4) is 5.75 Å². The molecule has 140 valence electrons. The number of halogens is 1. The molecule has 0 spiro atoms. The summed E-state index contributed by atoms with van der Waals surface area (Å²) in [5.41, 5.74) is 4.05. The van der Waals surface area contributed by atoms with Crippen molar-refractivity contribution < 1.29 is 19.1 Å². The number of ether oxygens (including phenoxy) is 2. The summed E-state index contributed by atoms with van der Waals surface area (Å²) in [5, 5.41) is 4.56. The molecule has 0 aromatic heterocycles. The summed E-state index contributed by atoms with van der Waals surface area (Å²) in [6.07, 6.45) is 0. The van der Waals surface area contributed by atoms with Crippen LogP contribution in [0.4, 0.5) is 0 Å². The molecule has 6 nitrogen and oxygen atoms in total. The molecule has 27 heavy (non-hydrogen) atoms. The minimum absolute atomic E-state index is 0.136. The second-order valence-electron chi connectivity index (χ2n) is 5.92. The minimum Gasteiger partial charge on any atom is -0.497 e. The van der Waals surface area contributed by atoms with E-state index in [1.54, 1.807) is 62.6 Å². The average Bonchev–Trinajstić information content (AvgIpc) is 3.13. The van der Waals surface area contributed by atoms with E-state index in [4.69, 9.17) is 21.1 Å². The van der Waals surface area contributed by atoms with Crippen LogP contribution in [0, 0.1) is 0 Å². The molecule has 2 unspecified atom stereocenters. The summed E-state index contributed by atoms with van der Waals surface area (Å²) in [4.78, 5) is 25.5. The first kappa shape index (κ1) is 18.9. The third kappa shape index (κ3) is 3.80. The van der Waals surface area contributed by atoms with Crippen LogP contribution in [-0.4, -0.2) is 37.2 Å². The third-order valence-electron chi connectivity index (χ3n) is 4.33. The molecule has 1 N–H and O–H groups in total. The second kappa shape index (κ2) is 8.22. The van der Waals surface area contributed by atoms with Crippen LogP contribution in [0.5, 0.6) is 5.75 Å². The highest BCUT2D eigenvalue weighted by Gasteiger charge is 2.42. The number of nitrogens with zero attached hydrogens (tertiary/aromatic N) is 1. The van der Waals surface area contributed by atoms with Gasteiger partial charge in [-0.15, -0.1) is 0 Å². The number of Topliss-reactive ketones (excluding diaryl/α,β-unsaturated/α-hetero) is 1. The Bertz CT molecular complexity index is 880. The lowest BCUT2D eigenvalue weighted by Crippen LogP contribution is -2.38. The van der Waals surface area contributed by atoms with E-state index < -0.39 is 17.9 Å². The Balaban J connectivity index is 1.97. The third-order valence-corrected chi connectivity index (χ3v) is 4.68. The Morgan fingerprint density at radius 1 is 1.15 bits per heavy atom.